The maximum atomic E-state index is 14.4. The van der Waals surface area contributed by atoms with E-state index < -0.39 is 5.82 Å². The average molecular weight is 368 g/mol. The van der Waals surface area contributed by atoms with Crippen LogP contribution in [0.25, 0.3) is 0 Å². The summed E-state index contributed by atoms with van der Waals surface area (Å²) in [6, 6.07) is 13.3. The van der Waals surface area contributed by atoms with Crippen LogP contribution in [0.15, 0.2) is 42.5 Å². The van der Waals surface area contributed by atoms with Gasteiger partial charge < -0.3 is 9.64 Å². The predicted octanol–water partition coefficient (Wildman–Crippen LogP) is 3.52. The summed E-state index contributed by atoms with van der Waals surface area (Å²) in [5, 5.41) is 0. The molecule has 2 fully saturated rings. The second-order valence-corrected chi connectivity index (χ2v) is 7.69. The Morgan fingerprint density at radius 2 is 1.89 bits per heavy atom. The van der Waals surface area contributed by atoms with Crippen LogP contribution in [0.1, 0.15) is 27.5 Å². The molecule has 1 amide bonds. The quantitative estimate of drug-likeness (QED) is 0.831. The summed E-state index contributed by atoms with van der Waals surface area (Å²) in [6.07, 6.45) is 0. The summed E-state index contributed by atoms with van der Waals surface area (Å²) in [4.78, 5) is 17.3. The smallest absolute Gasteiger partial charge is 0.260 e. The van der Waals surface area contributed by atoms with Crippen molar-refractivity contribution in [3.8, 4) is 5.75 Å². The third-order valence-electron chi connectivity index (χ3n) is 6.10. The Balaban J connectivity index is 1.61. The van der Waals surface area contributed by atoms with Crippen LogP contribution in [0, 0.1) is 24.6 Å². The minimum atomic E-state index is -0.524. The van der Waals surface area contributed by atoms with Crippen molar-refractivity contribution in [3.05, 3.63) is 65.0 Å². The van der Waals surface area contributed by atoms with Gasteiger partial charge in [0, 0.05) is 31.6 Å². The van der Waals surface area contributed by atoms with E-state index in [0.29, 0.717) is 30.7 Å². The van der Waals surface area contributed by atoms with E-state index in [0.717, 1.165) is 6.54 Å². The number of benzene rings is 2. The highest BCUT2D eigenvalue weighted by molar-refractivity contribution is 5.97. The number of nitrogens with zero attached hydrogens (tertiary/aromatic N) is 2. The van der Waals surface area contributed by atoms with Crippen molar-refractivity contribution in [3.63, 3.8) is 0 Å². The molecule has 2 saturated heterocycles. The number of rotatable bonds is 3. The van der Waals surface area contributed by atoms with Crippen LogP contribution >= 0.6 is 0 Å². The molecule has 0 spiro atoms. The lowest BCUT2D eigenvalue weighted by Crippen LogP contribution is -2.34. The zero-order valence-electron chi connectivity index (χ0n) is 16.0. The molecule has 0 N–H and O–H groups in total. The fourth-order valence-corrected chi connectivity index (χ4v) is 4.85. The normalized spacial score (nSPS) is 24.9. The van der Waals surface area contributed by atoms with Crippen LogP contribution in [0.5, 0.6) is 5.75 Å². The highest BCUT2D eigenvalue weighted by atomic mass is 19.1. The molecule has 0 bridgehead atoms. The lowest BCUT2D eigenvalue weighted by atomic mass is 9.88. The summed E-state index contributed by atoms with van der Waals surface area (Å²) >= 11 is 0. The summed E-state index contributed by atoms with van der Waals surface area (Å²) in [5.74, 6) is 0.262. The Kier molecular flexibility index (Phi) is 4.64. The van der Waals surface area contributed by atoms with Gasteiger partial charge in [0.15, 0.2) is 0 Å². The van der Waals surface area contributed by atoms with E-state index in [1.165, 1.54) is 24.3 Å². The van der Waals surface area contributed by atoms with Crippen LogP contribution in [0.4, 0.5) is 4.39 Å². The number of hydrogen-bond acceptors (Lipinski definition) is 3. The van der Waals surface area contributed by atoms with Gasteiger partial charge in [-0.1, -0.05) is 30.3 Å². The molecule has 4 rings (SSSR count). The monoisotopic (exact) mass is 368 g/mol. The van der Waals surface area contributed by atoms with Gasteiger partial charge in [0.05, 0.1) is 7.11 Å². The molecule has 0 radical (unpaired) electrons. The number of carbonyl (C=O) groups is 1. The fourth-order valence-electron chi connectivity index (χ4n) is 4.85. The number of carbonyl (C=O) groups excluding carboxylic acids is 1. The van der Waals surface area contributed by atoms with Crippen molar-refractivity contribution in [2.24, 2.45) is 11.8 Å². The van der Waals surface area contributed by atoms with E-state index in [-0.39, 0.29) is 17.5 Å². The van der Waals surface area contributed by atoms with E-state index in [4.69, 9.17) is 4.74 Å². The molecule has 2 aliphatic rings. The fraction of sp³-hybridized carbons (Fsp3) is 0.409. The third kappa shape index (κ3) is 3.00. The van der Waals surface area contributed by atoms with Gasteiger partial charge in [-0.3, -0.25) is 9.69 Å². The number of likely N-dealkylation sites (tertiary alicyclic amines) is 2. The van der Waals surface area contributed by atoms with Crippen molar-refractivity contribution < 1.29 is 13.9 Å². The highest BCUT2D eigenvalue weighted by Gasteiger charge is 2.48. The Hall–Kier alpha value is -2.40. The summed E-state index contributed by atoms with van der Waals surface area (Å²) < 4.78 is 19.6. The van der Waals surface area contributed by atoms with E-state index in [1.54, 1.807) is 17.0 Å². The molecule has 27 heavy (non-hydrogen) atoms. The zero-order valence-corrected chi connectivity index (χ0v) is 16.0. The van der Waals surface area contributed by atoms with E-state index in [2.05, 4.69) is 43.1 Å². The third-order valence-corrected chi connectivity index (χ3v) is 6.10. The summed E-state index contributed by atoms with van der Waals surface area (Å²) in [5.41, 5.74) is 2.64. The van der Waals surface area contributed by atoms with Crippen molar-refractivity contribution in [2.45, 2.75) is 13.0 Å². The SMILES string of the molecule is COc1cccc(F)c1C(=O)N1C[C@@H]2CN(C)[C@H](c3ccccc3C)[C@@H]2C1. The topological polar surface area (TPSA) is 32.8 Å². The van der Waals surface area contributed by atoms with Crippen LogP contribution in [0.2, 0.25) is 0 Å². The summed E-state index contributed by atoms with van der Waals surface area (Å²) in [6.45, 7) is 4.39. The number of amides is 1. The maximum Gasteiger partial charge on any atom is 0.260 e. The molecule has 0 aromatic heterocycles. The number of halogens is 1. The lowest BCUT2D eigenvalue weighted by Gasteiger charge is -2.28. The first-order valence-corrected chi connectivity index (χ1v) is 9.38. The van der Waals surface area contributed by atoms with Crippen LogP contribution in [-0.2, 0) is 0 Å². The minimum Gasteiger partial charge on any atom is -0.496 e. The average Bonchev–Trinajstić information content (AvgIpc) is 3.18. The molecule has 2 heterocycles. The van der Waals surface area contributed by atoms with Gasteiger partial charge >= 0.3 is 0 Å². The van der Waals surface area contributed by atoms with Gasteiger partial charge in [0.1, 0.15) is 17.1 Å². The first-order valence-electron chi connectivity index (χ1n) is 9.38. The van der Waals surface area contributed by atoms with Gasteiger partial charge in [-0.2, -0.15) is 0 Å². The van der Waals surface area contributed by atoms with Crippen LogP contribution in [-0.4, -0.2) is 49.5 Å². The van der Waals surface area contributed by atoms with Crippen LogP contribution in [0.3, 0.4) is 0 Å². The molecule has 2 aromatic carbocycles. The maximum absolute atomic E-state index is 14.4. The van der Waals surface area contributed by atoms with Crippen LogP contribution < -0.4 is 4.74 Å². The Morgan fingerprint density at radius 3 is 2.63 bits per heavy atom. The van der Waals surface area contributed by atoms with Gasteiger partial charge in [0.25, 0.3) is 5.91 Å². The van der Waals surface area contributed by atoms with Crippen molar-refractivity contribution in [1.29, 1.82) is 0 Å². The molecule has 5 heteroatoms. The Bertz CT molecular complexity index is 869. The summed E-state index contributed by atoms with van der Waals surface area (Å²) in [7, 11) is 3.62. The standard InChI is InChI=1S/C22H25FN2O2/c1-14-7-4-5-8-16(14)21-17-13-25(12-15(17)11-24(21)2)22(26)20-18(23)9-6-10-19(20)27-3/h4-10,15,17,21H,11-13H2,1-3H3/t15-,17+,21+/m0/s1. The first kappa shape index (κ1) is 18.0. The van der Waals surface area contributed by atoms with E-state index >= 15 is 0 Å². The Morgan fingerprint density at radius 1 is 1.11 bits per heavy atom. The highest BCUT2D eigenvalue weighted by Crippen LogP contribution is 2.45. The second-order valence-electron chi connectivity index (χ2n) is 7.69. The van der Waals surface area contributed by atoms with Crippen molar-refractivity contribution in [1.82, 2.24) is 9.80 Å². The number of methoxy groups -OCH3 is 1. The van der Waals surface area contributed by atoms with Crippen molar-refractivity contribution in [2.75, 3.05) is 33.8 Å². The van der Waals surface area contributed by atoms with E-state index in [9.17, 15) is 9.18 Å². The molecule has 0 saturated carbocycles. The van der Waals surface area contributed by atoms with Crippen molar-refractivity contribution >= 4 is 5.91 Å². The lowest BCUT2D eigenvalue weighted by molar-refractivity contribution is 0.0759. The molecule has 2 aliphatic heterocycles. The molecule has 0 aliphatic carbocycles. The largest absolute Gasteiger partial charge is 0.496 e. The first-order chi connectivity index (χ1) is 13.0. The number of hydrogen-bond donors (Lipinski definition) is 0. The van der Waals surface area contributed by atoms with Gasteiger partial charge in [-0.25, -0.2) is 4.39 Å². The number of ether oxygens (including phenoxy) is 1. The minimum absolute atomic E-state index is 0.0424. The number of fused-ring (bicyclic) bond motifs is 1. The molecule has 3 atom stereocenters. The molecule has 4 nitrogen and oxygen atoms in total. The molecular weight excluding hydrogens is 343 g/mol. The molecular formula is C22H25FN2O2. The van der Waals surface area contributed by atoms with Gasteiger partial charge in [0.2, 0.25) is 0 Å². The van der Waals surface area contributed by atoms with E-state index in [1.807, 2.05) is 0 Å². The number of aryl methyl sites for hydroxylation is 1. The predicted molar refractivity (Wildman–Crippen MR) is 102 cm³/mol. The Labute approximate surface area is 159 Å². The molecule has 142 valence electrons. The molecule has 2 aromatic rings. The van der Waals surface area contributed by atoms with Gasteiger partial charge in [-0.05, 0) is 43.1 Å². The van der Waals surface area contributed by atoms with Gasteiger partial charge in [-0.15, -0.1) is 0 Å². The molecule has 0 unspecified atom stereocenters. The second kappa shape index (κ2) is 6.97. The zero-order chi connectivity index (χ0) is 19.1.